The summed E-state index contributed by atoms with van der Waals surface area (Å²) in [5.74, 6) is 1.39. The molecule has 1 aromatic heterocycles. The molecule has 0 spiro atoms. The van der Waals surface area contributed by atoms with E-state index in [1.165, 1.54) is 22.7 Å². The Morgan fingerprint density at radius 3 is 2.50 bits per heavy atom. The standard InChI is InChI=1S/C20H30N4OS/c1-14(2)13-21-19(25)10-11-24(15(3)4)20-22-18(23-26-20)12-17-8-6-16(5)7-9-17/h6-9,14-15H,10-13H2,1-5H3,(H,21,25). The predicted octanol–water partition coefficient (Wildman–Crippen LogP) is 3.81. The third-order valence-electron chi connectivity index (χ3n) is 4.10. The molecular formula is C20H30N4OS. The minimum atomic E-state index is 0.0914. The van der Waals surface area contributed by atoms with E-state index in [-0.39, 0.29) is 11.9 Å². The maximum Gasteiger partial charge on any atom is 0.221 e. The fourth-order valence-electron chi connectivity index (χ4n) is 2.52. The highest BCUT2D eigenvalue weighted by molar-refractivity contribution is 7.09. The van der Waals surface area contributed by atoms with Crippen LogP contribution < -0.4 is 10.2 Å². The van der Waals surface area contributed by atoms with Gasteiger partial charge in [0.2, 0.25) is 11.0 Å². The molecule has 5 nitrogen and oxygen atoms in total. The molecule has 1 amide bonds. The Morgan fingerprint density at radius 1 is 1.19 bits per heavy atom. The van der Waals surface area contributed by atoms with Crippen molar-refractivity contribution in [1.82, 2.24) is 14.7 Å². The fourth-order valence-corrected chi connectivity index (χ4v) is 3.37. The molecule has 1 aromatic carbocycles. The first-order chi connectivity index (χ1) is 12.3. The van der Waals surface area contributed by atoms with E-state index in [9.17, 15) is 4.79 Å². The van der Waals surface area contributed by atoms with Crippen LogP contribution in [0.3, 0.4) is 0 Å². The zero-order chi connectivity index (χ0) is 19.1. The van der Waals surface area contributed by atoms with E-state index in [0.29, 0.717) is 18.9 Å². The van der Waals surface area contributed by atoms with Crippen molar-refractivity contribution in [2.45, 2.75) is 53.5 Å². The highest BCUT2D eigenvalue weighted by atomic mass is 32.1. The Balaban J connectivity index is 1.96. The number of aryl methyl sites for hydroxylation is 1. The topological polar surface area (TPSA) is 58.1 Å². The van der Waals surface area contributed by atoms with Crippen LogP contribution in [-0.2, 0) is 11.2 Å². The predicted molar refractivity (Wildman–Crippen MR) is 109 cm³/mol. The molecule has 142 valence electrons. The zero-order valence-corrected chi connectivity index (χ0v) is 17.3. The van der Waals surface area contributed by atoms with Crippen molar-refractivity contribution in [1.29, 1.82) is 0 Å². The van der Waals surface area contributed by atoms with Crippen LogP contribution >= 0.6 is 11.5 Å². The fraction of sp³-hybridized carbons (Fsp3) is 0.550. The van der Waals surface area contributed by atoms with Gasteiger partial charge >= 0.3 is 0 Å². The molecule has 0 atom stereocenters. The Hall–Kier alpha value is -1.95. The first kappa shape index (κ1) is 20.4. The van der Waals surface area contributed by atoms with Gasteiger partial charge in [-0.1, -0.05) is 43.7 Å². The molecule has 0 saturated carbocycles. The number of amides is 1. The molecule has 0 aliphatic heterocycles. The van der Waals surface area contributed by atoms with Gasteiger partial charge in [-0.2, -0.15) is 4.37 Å². The molecule has 2 rings (SSSR count). The first-order valence-corrected chi connectivity index (χ1v) is 10.0. The molecule has 2 aromatic rings. The van der Waals surface area contributed by atoms with Crippen molar-refractivity contribution in [3.8, 4) is 0 Å². The van der Waals surface area contributed by atoms with Gasteiger partial charge in [0.05, 0.1) is 0 Å². The van der Waals surface area contributed by atoms with Crippen LogP contribution in [-0.4, -0.2) is 34.4 Å². The van der Waals surface area contributed by atoms with Gasteiger partial charge in [-0.05, 0) is 32.3 Å². The van der Waals surface area contributed by atoms with Crippen molar-refractivity contribution < 1.29 is 4.79 Å². The minimum Gasteiger partial charge on any atom is -0.356 e. The van der Waals surface area contributed by atoms with Gasteiger partial charge in [0.1, 0.15) is 5.82 Å². The van der Waals surface area contributed by atoms with Crippen molar-refractivity contribution in [3.05, 3.63) is 41.2 Å². The lowest BCUT2D eigenvalue weighted by molar-refractivity contribution is -0.121. The Labute approximate surface area is 161 Å². The van der Waals surface area contributed by atoms with E-state index in [2.05, 4.69) is 73.5 Å². The largest absolute Gasteiger partial charge is 0.356 e. The van der Waals surface area contributed by atoms with E-state index >= 15 is 0 Å². The number of hydrogen-bond acceptors (Lipinski definition) is 5. The second-order valence-corrected chi connectivity index (χ2v) is 8.12. The van der Waals surface area contributed by atoms with E-state index in [0.717, 1.165) is 23.9 Å². The third kappa shape index (κ3) is 6.41. The van der Waals surface area contributed by atoms with Crippen LogP contribution in [0.2, 0.25) is 0 Å². The summed E-state index contributed by atoms with van der Waals surface area (Å²) < 4.78 is 4.51. The highest BCUT2D eigenvalue weighted by Gasteiger charge is 2.17. The number of hydrogen-bond donors (Lipinski definition) is 1. The smallest absolute Gasteiger partial charge is 0.221 e. The van der Waals surface area contributed by atoms with Crippen LogP contribution in [0.4, 0.5) is 5.13 Å². The second kappa shape index (κ2) is 9.67. The maximum absolute atomic E-state index is 12.0. The van der Waals surface area contributed by atoms with Gasteiger partial charge in [0, 0.05) is 43.5 Å². The van der Waals surface area contributed by atoms with Crippen molar-refractivity contribution in [2.24, 2.45) is 5.92 Å². The van der Waals surface area contributed by atoms with E-state index < -0.39 is 0 Å². The Kier molecular flexibility index (Phi) is 7.57. The van der Waals surface area contributed by atoms with E-state index in [1.54, 1.807) is 0 Å². The van der Waals surface area contributed by atoms with Gasteiger partial charge < -0.3 is 10.2 Å². The molecule has 0 bridgehead atoms. The van der Waals surface area contributed by atoms with Crippen LogP contribution in [0.5, 0.6) is 0 Å². The first-order valence-electron chi connectivity index (χ1n) is 9.26. The lowest BCUT2D eigenvalue weighted by Gasteiger charge is -2.25. The summed E-state index contributed by atoms with van der Waals surface area (Å²) in [7, 11) is 0. The van der Waals surface area contributed by atoms with Gasteiger partial charge in [0.15, 0.2) is 0 Å². The third-order valence-corrected chi connectivity index (χ3v) is 4.89. The number of benzene rings is 1. The molecule has 0 unspecified atom stereocenters. The summed E-state index contributed by atoms with van der Waals surface area (Å²) in [5, 5.41) is 3.86. The van der Waals surface area contributed by atoms with Gasteiger partial charge in [-0.3, -0.25) is 4.79 Å². The van der Waals surface area contributed by atoms with E-state index in [1.807, 2.05) is 0 Å². The van der Waals surface area contributed by atoms with Crippen LogP contribution in [0.1, 0.15) is 51.1 Å². The van der Waals surface area contributed by atoms with Crippen molar-refractivity contribution >= 4 is 22.6 Å². The number of carbonyl (C=O) groups excluding carboxylic acids is 1. The molecule has 0 aliphatic rings. The molecule has 0 radical (unpaired) electrons. The molecule has 0 aliphatic carbocycles. The monoisotopic (exact) mass is 374 g/mol. The summed E-state index contributed by atoms with van der Waals surface area (Å²) in [6.45, 7) is 11.9. The number of nitrogens with zero attached hydrogens (tertiary/aromatic N) is 3. The zero-order valence-electron chi connectivity index (χ0n) is 16.5. The average molecular weight is 375 g/mol. The summed E-state index contributed by atoms with van der Waals surface area (Å²) in [6.07, 6.45) is 1.20. The number of carbonyl (C=O) groups is 1. The summed E-state index contributed by atoms with van der Waals surface area (Å²) in [5.41, 5.74) is 2.46. The van der Waals surface area contributed by atoms with Gasteiger partial charge in [-0.15, -0.1) is 0 Å². The Bertz CT molecular complexity index is 694. The van der Waals surface area contributed by atoms with Gasteiger partial charge in [0.25, 0.3) is 0 Å². The number of nitrogens with one attached hydrogen (secondary N) is 1. The molecule has 26 heavy (non-hydrogen) atoms. The number of rotatable bonds is 9. The molecule has 0 fully saturated rings. The van der Waals surface area contributed by atoms with Crippen LogP contribution in [0, 0.1) is 12.8 Å². The average Bonchev–Trinajstić information content (AvgIpc) is 3.03. The summed E-state index contributed by atoms with van der Waals surface area (Å²) >= 11 is 1.41. The van der Waals surface area contributed by atoms with Crippen LogP contribution in [0.15, 0.2) is 24.3 Å². The van der Waals surface area contributed by atoms with E-state index in [4.69, 9.17) is 4.98 Å². The molecule has 1 heterocycles. The number of aromatic nitrogens is 2. The normalized spacial score (nSPS) is 11.2. The highest BCUT2D eigenvalue weighted by Crippen LogP contribution is 2.21. The molecule has 0 saturated heterocycles. The van der Waals surface area contributed by atoms with Crippen molar-refractivity contribution in [3.63, 3.8) is 0 Å². The lowest BCUT2D eigenvalue weighted by Crippen LogP contribution is -2.36. The minimum absolute atomic E-state index is 0.0914. The molecule has 1 N–H and O–H groups in total. The summed E-state index contributed by atoms with van der Waals surface area (Å²) in [4.78, 5) is 18.9. The quantitative estimate of drug-likeness (QED) is 0.725. The van der Waals surface area contributed by atoms with Crippen LogP contribution in [0.25, 0.3) is 0 Å². The van der Waals surface area contributed by atoms with Gasteiger partial charge in [-0.25, -0.2) is 4.98 Å². The summed E-state index contributed by atoms with van der Waals surface area (Å²) in [6, 6.07) is 8.73. The van der Waals surface area contributed by atoms with Crippen molar-refractivity contribution in [2.75, 3.05) is 18.0 Å². The lowest BCUT2D eigenvalue weighted by atomic mass is 10.1. The SMILES string of the molecule is Cc1ccc(Cc2nsc(N(CCC(=O)NCC(C)C)C(C)C)n2)cc1. The maximum atomic E-state index is 12.0. The number of anilines is 1. The Morgan fingerprint density at radius 2 is 1.88 bits per heavy atom. The molecule has 6 heteroatoms. The molecular weight excluding hydrogens is 344 g/mol. The second-order valence-electron chi connectivity index (χ2n) is 7.39.